The number of phenols is 1. The van der Waals surface area contributed by atoms with E-state index in [0.29, 0.717) is 35.5 Å². The third-order valence-electron chi connectivity index (χ3n) is 4.48. The van der Waals surface area contributed by atoms with Crippen LogP contribution in [-0.4, -0.2) is 23.6 Å². The summed E-state index contributed by atoms with van der Waals surface area (Å²) in [5, 5.41) is 10.7. The Bertz CT molecular complexity index is 838. The molecule has 0 atom stereocenters. The summed E-state index contributed by atoms with van der Waals surface area (Å²) in [6.45, 7) is 3.93. The predicted molar refractivity (Wildman–Crippen MR) is 103 cm³/mol. The SMILES string of the molecule is COc1cc2c(c(O)c1CC=CC1=CCCC(=O)C=C1)C=CC(C)(C)O2. The van der Waals surface area contributed by atoms with E-state index in [2.05, 4.69) is 0 Å². The average molecular weight is 352 g/mol. The fraction of sp³-hybridized carbons (Fsp3) is 0.318. The van der Waals surface area contributed by atoms with E-state index in [1.165, 1.54) is 0 Å². The Morgan fingerprint density at radius 2 is 2.12 bits per heavy atom. The highest BCUT2D eigenvalue weighted by atomic mass is 16.5. The second-order valence-electron chi connectivity index (χ2n) is 7.01. The Hall–Kier alpha value is -2.75. The van der Waals surface area contributed by atoms with E-state index in [4.69, 9.17) is 9.47 Å². The topological polar surface area (TPSA) is 55.8 Å². The predicted octanol–water partition coefficient (Wildman–Crippen LogP) is 4.53. The van der Waals surface area contributed by atoms with Crippen molar-refractivity contribution in [3.63, 3.8) is 0 Å². The first-order valence-corrected chi connectivity index (χ1v) is 8.78. The molecular formula is C22H24O4. The number of rotatable bonds is 4. The minimum Gasteiger partial charge on any atom is -0.507 e. The van der Waals surface area contributed by atoms with Crippen LogP contribution in [0.15, 0.2) is 48.1 Å². The van der Waals surface area contributed by atoms with Crippen molar-refractivity contribution in [3.8, 4) is 17.2 Å². The van der Waals surface area contributed by atoms with Gasteiger partial charge in [-0.2, -0.15) is 0 Å². The summed E-state index contributed by atoms with van der Waals surface area (Å²) in [4.78, 5) is 11.4. The quantitative estimate of drug-likeness (QED) is 0.865. The van der Waals surface area contributed by atoms with E-state index >= 15 is 0 Å². The Kier molecular flexibility index (Phi) is 5.03. The first kappa shape index (κ1) is 18.1. The molecule has 0 bridgehead atoms. The molecule has 3 rings (SSSR count). The Balaban J connectivity index is 1.86. The fourth-order valence-electron chi connectivity index (χ4n) is 3.06. The van der Waals surface area contributed by atoms with Gasteiger partial charge in [0.2, 0.25) is 0 Å². The Morgan fingerprint density at radius 3 is 2.88 bits per heavy atom. The van der Waals surface area contributed by atoms with Crippen LogP contribution in [0.5, 0.6) is 17.2 Å². The van der Waals surface area contributed by atoms with Crippen LogP contribution in [0.2, 0.25) is 0 Å². The zero-order valence-electron chi connectivity index (χ0n) is 15.4. The fourth-order valence-corrected chi connectivity index (χ4v) is 3.06. The number of hydrogen-bond donors (Lipinski definition) is 1. The maximum atomic E-state index is 11.4. The lowest BCUT2D eigenvalue weighted by atomic mass is 9.97. The molecule has 136 valence electrons. The molecule has 1 N–H and O–H groups in total. The van der Waals surface area contributed by atoms with Crippen LogP contribution in [0, 0.1) is 0 Å². The van der Waals surface area contributed by atoms with E-state index in [9.17, 15) is 9.90 Å². The normalized spacial score (nSPS) is 18.3. The lowest BCUT2D eigenvalue weighted by Gasteiger charge is -2.29. The maximum absolute atomic E-state index is 11.4. The highest BCUT2D eigenvalue weighted by molar-refractivity contribution is 5.90. The number of aromatic hydroxyl groups is 1. The Morgan fingerprint density at radius 1 is 1.31 bits per heavy atom. The van der Waals surface area contributed by atoms with Crippen LogP contribution < -0.4 is 9.47 Å². The molecule has 26 heavy (non-hydrogen) atoms. The van der Waals surface area contributed by atoms with Gasteiger partial charge in [0.05, 0.1) is 12.7 Å². The number of carbonyl (C=O) groups is 1. The smallest absolute Gasteiger partial charge is 0.156 e. The van der Waals surface area contributed by atoms with Crippen molar-refractivity contribution in [3.05, 3.63) is 59.2 Å². The molecule has 0 saturated carbocycles. The van der Waals surface area contributed by atoms with Gasteiger partial charge in [-0.1, -0.05) is 24.3 Å². The molecule has 0 saturated heterocycles. The standard InChI is InChI=1S/C22H24O4/c1-22(2)13-12-18-20(26-22)14-19(25-3)17(21(18)24)9-5-7-15-6-4-8-16(23)11-10-15/h5-7,10-14,24H,4,8-9H2,1-3H3. The number of ether oxygens (including phenoxy) is 2. The molecule has 1 heterocycles. The van der Waals surface area contributed by atoms with Crippen LogP contribution >= 0.6 is 0 Å². The second kappa shape index (κ2) is 7.24. The highest BCUT2D eigenvalue weighted by Gasteiger charge is 2.26. The molecule has 1 aromatic carbocycles. The molecule has 1 aliphatic heterocycles. The van der Waals surface area contributed by atoms with E-state index < -0.39 is 5.60 Å². The number of methoxy groups -OCH3 is 1. The number of carbonyl (C=O) groups excluding carboxylic acids is 1. The summed E-state index contributed by atoms with van der Waals surface area (Å²) in [5.74, 6) is 1.54. The summed E-state index contributed by atoms with van der Waals surface area (Å²) in [7, 11) is 1.58. The number of benzene rings is 1. The molecule has 2 aliphatic rings. The van der Waals surface area contributed by atoms with Crippen molar-refractivity contribution in [1.82, 2.24) is 0 Å². The first-order chi connectivity index (χ1) is 12.4. The Labute approximate surface area is 154 Å². The number of fused-ring (bicyclic) bond motifs is 1. The van der Waals surface area contributed by atoms with Crippen LogP contribution in [0.4, 0.5) is 0 Å². The van der Waals surface area contributed by atoms with E-state index in [1.807, 2.05) is 56.4 Å². The highest BCUT2D eigenvalue weighted by Crippen LogP contribution is 2.43. The van der Waals surface area contributed by atoms with Crippen molar-refractivity contribution in [2.45, 2.75) is 38.7 Å². The molecule has 0 fully saturated rings. The van der Waals surface area contributed by atoms with Gasteiger partial charge < -0.3 is 14.6 Å². The number of hydrogen-bond acceptors (Lipinski definition) is 4. The number of allylic oxidation sites excluding steroid dienone is 6. The monoisotopic (exact) mass is 352 g/mol. The first-order valence-electron chi connectivity index (χ1n) is 8.78. The van der Waals surface area contributed by atoms with E-state index in [-0.39, 0.29) is 11.5 Å². The zero-order chi connectivity index (χ0) is 18.7. The lowest BCUT2D eigenvalue weighted by Crippen LogP contribution is -2.27. The van der Waals surface area contributed by atoms with Crippen molar-refractivity contribution in [1.29, 1.82) is 0 Å². The van der Waals surface area contributed by atoms with Crippen LogP contribution in [0.3, 0.4) is 0 Å². The van der Waals surface area contributed by atoms with Gasteiger partial charge in [-0.05, 0) is 50.5 Å². The van der Waals surface area contributed by atoms with Gasteiger partial charge in [0.15, 0.2) is 5.78 Å². The lowest BCUT2D eigenvalue weighted by molar-refractivity contribution is -0.114. The van der Waals surface area contributed by atoms with E-state index in [1.54, 1.807) is 13.2 Å². The third-order valence-corrected chi connectivity index (χ3v) is 4.48. The third kappa shape index (κ3) is 3.90. The largest absolute Gasteiger partial charge is 0.507 e. The summed E-state index contributed by atoms with van der Waals surface area (Å²) < 4.78 is 11.4. The number of ketones is 1. The molecule has 0 spiro atoms. The van der Waals surface area contributed by atoms with Crippen molar-refractivity contribution in [2.24, 2.45) is 0 Å². The molecule has 4 heteroatoms. The van der Waals surface area contributed by atoms with Gasteiger partial charge in [0.1, 0.15) is 22.8 Å². The minimum absolute atomic E-state index is 0.147. The van der Waals surface area contributed by atoms with Crippen LogP contribution in [0.1, 0.15) is 37.8 Å². The molecule has 0 aromatic heterocycles. The van der Waals surface area contributed by atoms with Crippen molar-refractivity contribution in [2.75, 3.05) is 7.11 Å². The minimum atomic E-state index is -0.415. The van der Waals surface area contributed by atoms with Crippen LogP contribution in [-0.2, 0) is 11.2 Å². The van der Waals surface area contributed by atoms with Gasteiger partial charge in [-0.3, -0.25) is 4.79 Å². The van der Waals surface area contributed by atoms with Crippen molar-refractivity contribution < 1.29 is 19.4 Å². The summed E-state index contributed by atoms with van der Waals surface area (Å²) >= 11 is 0. The average Bonchev–Trinajstić information content (AvgIpc) is 2.80. The molecular weight excluding hydrogens is 328 g/mol. The number of phenolic OH excluding ortho intramolecular Hbond substituents is 1. The maximum Gasteiger partial charge on any atom is 0.156 e. The molecule has 0 radical (unpaired) electrons. The summed E-state index contributed by atoms with van der Waals surface area (Å²) in [6, 6.07) is 1.83. The molecule has 4 nitrogen and oxygen atoms in total. The van der Waals surface area contributed by atoms with Gasteiger partial charge in [-0.25, -0.2) is 0 Å². The molecule has 0 amide bonds. The molecule has 0 unspecified atom stereocenters. The molecule has 1 aromatic rings. The van der Waals surface area contributed by atoms with Gasteiger partial charge >= 0.3 is 0 Å². The van der Waals surface area contributed by atoms with Crippen LogP contribution in [0.25, 0.3) is 6.08 Å². The zero-order valence-corrected chi connectivity index (χ0v) is 15.4. The van der Waals surface area contributed by atoms with Gasteiger partial charge in [0.25, 0.3) is 0 Å². The van der Waals surface area contributed by atoms with E-state index in [0.717, 1.165) is 12.0 Å². The van der Waals surface area contributed by atoms with Gasteiger partial charge in [0, 0.05) is 18.1 Å². The summed E-state index contributed by atoms with van der Waals surface area (Å²) in [6.07, 6.45) is 15.0. The van der Waals surface area contributed by atoms with Gasteiger partial charge in [-0.15, -0.1) is 0 Å². The second-order valence-corrected chi connectivity index (χ2v) is 7.01. The van der Waals surface area contributed by atoms with Crippen molar-refractivity contribution >= 4 is 11.9 Å². The molecule has 1 aliphatic carbocycles. The summed E-state index contributed by atoms with van der Waals surface area (Å²) in [5.41, 5.74) is 1.97.